The average molecular weight is 426 g/mol. The number of carbonyl (C=O) groups is 4. The molecule has 7 N–H and O–H groups in total. The molecule has 0 fully saturated rings. The zero-order valence-electron chi connectivity index (χ0n) is 16.1. The van der Waals surface area contributed by atoms with Crippen molar-refractivity contribution in [1.82, 2.24) is 16.0 Å². The number of aliphatic carboxylic acids is 1. The summed E-state index contributed by atoms with van der Waals surface area (Å²) in [6, 6.07) is 1.79. The van der Waals surface area contributed by atoms with E-state index >= 15 is 0 Å². The lowest BCUT2D eigenvalue weighted by Gasteiger charge is -2.22. The third-order valence-electron chi connectivity index (χ3n) is 3.97. The smallest absolute Gasteiger partial charge is 0.326 e. The Bertz CT molecular complexity index is 740. The Hall–Kier alpha value is -2.79. The number of carbonyl (C=O) groups excluding carboxylic acids is 3. The summed E-state index contributed by atoms with van der Waals surface area (Å²) in [5.74, 6) is -3.21. The number of phenolic OH excluding ortho intramolecular Hbond substituents is 1. The summed E-state index contributed by atoms with van der Waals surface area (Å²) in [5.41, 5.74) is 6.02. The first kappa shape index (κ1) is 24.2. The van der Waals surface area contributed by atoms with Gasteiger partial charge in [-0.15, -0.1) is 0 Å². The first-order chi connectivity index (χ1) is 13.5. The molecular weight excluding hydrogens is 400 g/mol. The fraction of sp³-hybridized carbons (Fsp3) is 0.444. The number of carboxylic acid groups (broad SMARTS) is 1. The molecule has 0 aromatic heterocycles. The van der Waals surface area contributed by atoms with E-state index in [9.17, 15) is 29.4 Å². The summed E-state index contributed by atoms with van der Waals surface area (Å²) in [7, 11) is 0. The Morgan fingerprint density at radius 1 is 0.966 bits per heavy atom. The minimum absolute atomic E-state index is 0.0184. The van der Waals surface area contributed by atoms with E-state index in [0.717, 1.165) is 0 Å². The maximum Gasteiger partial charge on any atom is 0.326 e. The fourth-order valence-electron chi connectivity index (χ4n) is 2.24. The van der Waals surface area contributed by atoms with Crippen LogP contribution in [0.3, 0.4) is 0 Å². The quantitative estimate of drug-likeness (QED) is 0.230. The second kappa shape index (κ2) is 11.3. The van der Waals surface area contributed by atoms with Gasteiger partial charge in [0.2, 0.25) is 17.7 Å². The van der Waals surface area contributed by atoms with Crippen LogP contribution in [0.4, 0.5) is 0 Å². The van der Waals surface area contributed by atoms with E-state index in [1.165, 1.54) is 38.1 Å². The molecule has 0 saturated carbocycles. The van der Waals surface area contributed by atoms with E-state index in [0.29, 0.717) is 5.56 Å². The molecule has 4 unspecified atom stereocenters. The summed E-state index contributed by atoms with van der Waals surface area (Å²) in [6.45, 7) is 2.89. The number of nitrogens with one attached hydrogen (secondary N) is 3. The van der Waals surface area contributed by atoms with Crippen molar-refractivity contribution < 1.29 is 29.4 Å². The van der Waals surface area contributed by atoms with Crippen LogP contribution >= 0.6 is 12.6 Å². The van der Waals surface area contributed by atoms with Gasteiger partial charge in [0.1, 0.15) is 23.9 Å². The van der Waals surface area contributed by atoms with Crippen molar-refractivity contribution in [2.45, 2.75) is 44.4 Å². The fourth-order valence-corrected chi connectivity index (χ4v) is 2.50. The number of phenols is 1. The lowest BCUT2D eigenvalue weighted by Crippen LogP contribution is -2.57. The van der Waals surface area contributed by atoms with Crippen LogP contribution in [0.1, 0.15) is 19.4 Å². The largest absolute Gasteiger partial charge is 0.508 e. The molecule has 0 aliphatic rings. The Morgan fingerprint density at radius 3 is 2.00 bits per heavy atom. The van der Waals surface area contributed by atoms with Crippen LogP contribution in [0.2, 0.25) is 0 Å². The van der Waals surface area contributed by atoms with Gasteiger partial charge in [-0.1, -0.05) is 12.1 Å². The summed E-state index contributed by atoms with van der Waals surface area (Å²) in [6.07, 6.45) is -0.0184. The lowest BCUT2D eigenvalue weighted by atomic mass is 10.1. The van der Waals surface area contributed by atoms with Crippen LogP contribution in [-0.2, 0) is 25.6 Å². The lowest BCUT2D eigenvalue weighted by molar-refractivity contribution is -0.142. The molecule has 0 saturated heterocycles. The highest BCUT2D eigenvalue weighted by Gasteiger charge is 2.27. The van der Waals surface area contributed by atoms with Crippen molar-refractivity contribution in [3.63, 3.8) is 0 Å². The van der Waals surface area contributed by atoms with E-state index in [-0.39, 0.29) is 17.9 Å². The molecule has 10 nitrogen and oxygen atoms in total. The number of carboxylic acids is 1. The van der Waals surface area contributed by atoms with Crippen LogP contribution in [0, 0.1) is 0 Å². The molecule has 29 heavy (non-hydrogen) atoms. The number of rotatable bonds is 10. The molecule has 0 bridgehead atoms. The highest BCUT2D eigenvalue weighted by atomic mass is 32.1. The zero-order chi connectivity index (χ0) is 22.1. The van der Waals surface area contributed by atoms with Gasteiger partial charge >= 0.3 is 5.97 Å². The Labute approximate surface area is 173 Å². The number of benzene rings is 1. The second-order valence-corrected chi connectivity index (χ2v) is 6.90. The van der Waals surface area contributed by atoms with Crippen molar-refractivity contribution in [2.75, 3.05) is 5.75 Å². The van der Waals surface area contributed by atoms with Crippen LogP contribution in [-0.4, -0.2) is 63.8 Å². The van der Waals surface area contributed by atoms with Crippen LogP contribution in [0.5, 0.6) is 5.75 Å². The standard InChI is InChI=1S/C18H26N4O6S/c1-9(19)15(24)20-10(2)16(25)22-14(8-29)17(26)21-13(18(27)28)7-11-3-5-12(23)6-4-11/h3-6,9-10,13-14,23,29H,7-8,19H2,1-2H3,(H,20,24)(H,21,26)(H,22,25)(H,27,28). The minimum Gasteiger partial charge on any atom is -0.508 e. The van der Waals surface area contributed by atoms with Gasteiger partial charge in [-0.3, -0.25) is 14.4 Å². The molecular formula is C18H26N4O6S. The Morgan fingerprint density at radius 2 is 1.52 bits per heavy atom. The molecule has 11 heteroatoms. The monoisotopic (exact) mass is 426 g/mol. The molecule has 1 aromatic rings. The number of hydrogen-bond acceptors (Lipinski definition) is 7. The van der Waals surface area contributed by atoms with E-state index < -0.39 is 47.9 Å². The molecule has 3 amide bonds. The molecule has 160 valence electrons. The predicted octanol–water partition coefficient (Wildman–Crippen LogP) is -1.23. The number of hydrogen-bond donors (Lipinski definition) is 7. The van der Waals surface area contributed by atoms with Gasteiger partial charge in [-0.05, 0) is 31.5 Å². The summed E-state index contributed by atoms with van der Waals surface area (Å²) >= 11 is 4.03. The maximum atomic E-state index is 12.4. The third-order valence-corrected chi connectivity index (χ3v) is 4.34. The molecule has 0 radical (unpaired) electrons. The molecule has 0 aliphatic carbocycles. The van der Waals surface area contributed by atoms with E-state index in [1.54, 1.807) is 0 Å². The summed E-state index contributed by atoms with van der Waals surface area (Å²) in [4.78, 5) is 47.7. The zero-order valence-corrected chi connectivity index (χ0v) is 17.0. The number of aromatic hydroxyl groups is 1. The van der Waals surface area contributed by atoms with Crippen molar-refractivity contribution in [2.24, 2.45) is 5.73 Å². The Kier molecular flexibility index (Phi) is 9.42. The third kappa shape index (κ3) is 8.00. The van der Waals surface area contributed by atoms with Crippen LogP contribution in [0.15, 0.2) is 24.3 Å². The maximum absolute atomic E-state index is 12.4. The van der Waals surface area contributed by atoms with Crippen molar-refractivity contribution >= 4 is 36.3 Å². The van der Waals surface area contributed by atoms with Crippen molar-refractivity contribution in [3.8, 4) is 5.75 Å². The SMILES string of the molecule is CC(N)C(=O)NC(C)C(=O)NC(CS)C(=O)NC(Cc1ccc(O)cc1)C(=O)O. The summed E-state index contributed by atoms with van der Waals surface area (Å²) < 4.78 is 0. The summed E-state index contributed by atoms with van der Waals surface area (Å²) in [5, 5.41) is 25.9. The van der Waals surface area contributed by atoms with E-state index in [1.807, 2.05) is 0 Å². The second-order valence-electron chi connectivity index (χ2n) is 6.53. The predicted molar refractivity (Wildman–Crippen MR) is 108 cm³/mol. The van der Waals surface area contributed by atoms with Gasteiger partial charge < -0.3 is 31.9 Å². The topological polar surface area (TPSA) is 171 Å². The van der Waals surface area contributed by atoms with Crippen molar-refractivity contribution in [3.05, 3.63) is 29.8 Å². The van der Waals surface area contributed by atoms with Crippen molar-refractivity contribution in [1.29, 1.82) is 0 Å². The number of amides is 3. The normalized spacial score (nSPS) is 14.8. The van der Waals surface area contributed by atoms with Gasteiger partial charge in [0.05, 0.1) is 6.04 Å². The van der Waals surface area contributed by atoms with E-state index in [2.05, 4.69) is 28.6 Å². The first-order valence-corrected chi connectivity index (χ1v) is 9.46. The van der Waals surface area contributed by atoms with Gasteiger partial charge in [0.15, 0.2) is 0 Å². The first-order valence-electron chi connectivity index (χ1n) is 8.83. The van der Waals surface area contributed by atoms with Gasteiger partial charge in [-0.25, -0.2) is 4.79 Å². The molecule has 1 aromatic carbocycles. The van der Waals surface area contributed by atoms with Gasteiger partial charge in [0, 0.05) is 12.2 Å². The van der Waals surface area contributed by atoms with Gasteiger partial charge in [-0.2, -0.15) is 12.6 Å². The molecule has 0 heterocycles. The number of thiol groups is 1. The van der Waals surface area contributed by atoms with Crippen LogP contribution in [0.25, 0.3) is 0 Å². The number of nitrogens with two attached hydrogens (primary N) is 1. The van der Waals surface area contributed by atoms with Crippen LogP contribution < -0.4 is 21.7 Å². The van der Waals surface area contributed by atoms with E-state index in [4.69, 9.17) is 5.73 Å². The molecule has 0 aliphatic heterocycles. The Balaban J connectivity index is 2.73. The highest BCUT2D eigenvalue weighted by molar-refractivity contribution is 7.80. The highest BCUT2D eigenvalue weighted by Crippen LogP contribution is 2.11. The molecule has 0 spiro atoms. The molecule has 4 atom stereocenters. The minimum atomic E-state index is -1.26. The average Bonchev–Trinajstić information content (AvgIpc) is 2.66. The molecule has 1 rings (SSSR count). The van der Waals surface area contributed by atoms with Gasteiger partial charge in [0.25, 0.3) is 0 Å².